The monoisotopic (exact) mass is 741 g/mol. The molecule has 11 rings (SSSR count). The molecule has 0 aliphatic heterocycles. The first-order chi connectivity index (χ1) is 28.7. The summed E-state index contributed by atoms with van der Waals surface area (Å²) < 4.78 is 4.52. The van der Waals surface area contributed by atoms with E-state index in [0.29, 0.717) is 28.6 Å². The average Bonchev–Trinajstić information content (AvgIpc) is 3.82. The van der Waals surface area contributed by atoms with Crippen LogP contribution in [0, 0.1) is 11.3 Å². The Kier molecular flexibility index (Phi) is 7.73. The summed E-state index contributed by atoms with van der Waals surface area (Å²) in [6, 6.07) is 62.3. The maximum Gasteiger partial charge on any atom is 0.164 e. The Hall–Kier alpha value is -8.21. The van der Waals surface area contributed by atoms with Gasteiger partial charge in [0.05, 0.1) is 45.2 Å². The molecule has 0 amide bonds. The zero-order valence-corrected chi connectivity index (χ0v) is 31.0. The van der Waals surface area contributed by atoms with Crippen molar-refractivity contribution in [2.75, 3.05) is 0 Å². The van der Waals surface area contributed by atoms with Crippen molar-refractivity contribution in [2.24, 2.45) is 0 Å². The van der Waals surface area contributed by atoms with Gasteiger partial charge in [-0.2, -0.15) is 5.26 Å². The Morgan fingerprint density at radius 3 is 1.33 bits per heavy atom. The molecule has 0 N–H and O–H groups in total. The number of hydrogen-bond acceptors (Lipinski definition) is 5. The van der Waals surface area contributed by atoms with E-state index in [4.69, 9.17) is 19.9 Å². The number of benzene rings is 7. The minimum Gasteiger partial charge on any atom is -0.307 e. The van der Waals surface area contributed by atoms with Gasteiger partial charge in [0.25, 0.3) is 0 Å². The molecule has 0 spiro atoms. The van der Waals surface area contributed by atoms with Gasteiger partial charge in [0, 0.05) is 55.6 Å². The quantitative estimate of drug-likeness (QED) is 0.169. The zero-order chi connectivity index (χ0) is 38.6. The van der Waals surface area contributed by atoms with Gasteiger partial charge in [0.2, 0.25) is 0 Å². The number of nitriles is 1. The topological polar surface area (TPSA) is 85.2 Å². The van der Waals surface area contributed by atoms with E-state index >= 15 is 0 Å². The molecule has 58 heavy (non-hydrogen) atoms. The van der Waals surface area contributed by atoms with Crippen LogP contribution in [0.1, 0.15) is 5.56 Å². The third-order valence-electron chi connectivity index (χ3n) is 10.9. The van der Waals surface area contributed by atoms with E-state index in [2.05, 4.69) is 124 Å². The predicted molar refractivity (Wildman–Crippen MR) is 233 cm³/mol. The first-order valence-corrected chi connectivity index (χ1v) is 19.1. The average molecular weight is 742 g/mol. The second-order valence-corrected chi connectivity index (χ2v) is 14.2. The molecule has 7 heteroatoms. The molecule has 0 aliphatic carbocycles. The van der Waals surface area contributed by atoms with Crippen molar-refractivity contribution < 1.29 is 0 Å². The van der Waals surface area contributed by atoms with Crippen LogP contribution in [-0.2, 0) is 0 Å². The molecule has 0 aliphatic rings. The number of para-hydroxylation sites is 4. The van der Waals surface area contributed by atoms with E-state index < -0.39 is 0 Å². The molecule has 11 aromatic rings. The van der Waals surface area contributed by atoms with E-state index in [1.54, 1.807) is 0 Å². The maximum atomic E-state index is 11.3. The van der Waals surface area contributed by atoms with Gasteiger partial charge in [0.15, 0.2) is 17.5 Å². The van der Waals surface area contributed by atoms with Crippen molar-refractivity contribution >= 4 is 43.6 Å². The lowest BCUT2D eigenvalue weighted by molar-refractivity contribution is 1.07. The number of nitrogens with zero attached hydrogens (tertiary/aromatic N) is 7. The number of aromatic nitrogens is 6. The van der Waals surface area contributed by atoms with Crippen LogP contribution in [0.15, 0.2) is 188 Å². The minimum atomic E-state index is 0.465. The zero-order valence-electron chi connectivity index (χ0n) is 31.0. The summed E-state index contributed by atoms with van der Waals surface area (Å²) >= 11 is 0. The Bertz CT molecular complexity index is 3250. The molecule has 7 nitrogen and oxygen atoms in total. The van der Waals surface area contributed by atoms with Gasteiger partial charge < -0.3 is 9.13 Å². The third kappa shape index (κ3) is 5.28. The standard InChI is InChI=1S/C51H31N7/c52-31-36-29-35(51-55-49(33-15-3-1-4-16-33)54-50(56-51)34-17-5-2-6-18-34)30-42(48(36)58-45-25-13-9-21-39(45)40-22-10-14-26-46(40)58)41-27-28-53-32-47(41)57-43-23-11-7-19-37(43)38-20-8-12-24-44(38)57/h1-30,32H. The predicted octanol–water partition coefficient (Wildman–Crippen LogP) is 12.0. The molecule has 0 unspecified atom stereocenters. The lowest BCUT2D eigenvalue weighted by atomic mass is 9.95. The van der Waals surface area contributed by atoms with E-state index in [0.717, 1.165) is 77.2 Å². The van der Waals surface area contributed by atoms with Crippen molar-refractivity contribution in [1.82, 2.24) is 29.1 Å². The van der Waals surface area contributed by atoms with E-state index in [9.17, 15) is 5.26 Å². The van der Waals surface area contributed by atoms with Crippen LogP contribution in [0.25, 0.3) is 100 Å². The number of rotatable bonds is 6. The molecular weight excluding hydrogens is 711 g/mol. The van der Waals surface area contributed by atoms with Crippen LogP contribution in [0.2, 0.25) is 0 Å². The van der Waals surface area contributed by atoms with Crippen molar-refractivity contribution in [2.45, 2.75) is 0 Å². The van der Waals surface area contributed by atoms with Crippen molar-refractivity contribution in [3.63, 3.8) is 0 Å². The molecule has 0 atom stereocenters. The van der Waals surface area contributed by atoms with Crippen LogP contribution in [0.4, 0.5) is 0 Å². The highest BCUT2D eigenvalue weighted by Crippen LogP contribution is 2.43. The summed E-state index contributed by atoms with van der Waals surface area (Å²) in [5, 5.41) is 15.8. The Morgan fingerprint density at radius 1 is 0.414 bits per heavy atom. The van der Waals surface area contributed by atoms with E-state index in [-0.39, 0.29) is 0 Å². The second kappa shape index (κ2) is 13.5. The normalized spacial score (nSPS) is 11.4. The fourth-order valence-electron chi connectivity index (χ4n) is 8.37. The van der Waals surface area contributed by atoms with Crippen molar-refractivity contribution in [3.05, 3.63) is 194 Å². The first-order valence-electron chi connectivity index (χ1n) is 19.1. The van der Waals surface area contributed by atoms with Crippen LogP contribution in [0.5, 0.6) is 0 Å². The summed E-state index contributed by atoms with van der Waals surface area (Å²) in [5.41, 5.74) is 10.4. The van der Waals surface area contributed by atoms with Crippen LogP contribution < -0.4 is 0 Å². The van der Waals surface area contributed by atoms with Crippen LogP contribution in [-0.4, -0.2) is 29.1 Å². The summed E-state index contributed by atoms with van der Waals surface area (Å²) in [6.45, 7) is 0. The smallest absolute Gasteiger partial charge is 0.164 e. The summed E-state index contributed by atoms with van der Waals surface area (Å²) in [4.78, 5) is 19.9. The Labute approximate surface area is 333 Å². The molecule has 0 saturated heterocycles. The van der Waals surface area contributed by atoms with Gasteiger partial charge >= 0.3 is 0 Å². The molecule has 0 saturated carbocycles. The first kappa shape index (κ1) is 33.2. The van der Waals surface area contributed by atoms with Gasteiger partial charge in [-0.25, -0.2) is 15.0 Å². The van der Waals surface area contributed by atoms with E-state index in [1.807, 2.05) is 79.1 Å². The molecule has 270 valence electrons. The largest absolute Gasteiger partial charge is 0.307 e. The van der Waals surface area contributed by atoms with Crippen molar-refractivity contribution in [1.29, 1.82) is 5.26 Å². The number of pyridine rings is 1. The minimum absolute atomic E-state index is 0.465. The second-order valence-electron chi connectivity index (χ2n) is 14.2. The van der Waals surface area contributed by atoms with E-state index in [1.165, 1.54) is 0 Å². The number of fused-ring (bicyclic) bond motifs is 6. The molecule has 4 heterocycles. The van der Waals surface area contributed by atoms with Crippen molar-refractivity contribution in [3.8, 4) is 62.7 Å². The summed E-state index contributed by atoms with van der Waals surface area (Å²) in [7, 11) is 0. The lowest BCUT2D eigenvalue weighted by Crippen LogP contribution is -2.06. The lowest BCUT2D eigenvalue weighted by Gasteiger charge is -2.20. The molecule has 4 aromatic heterocycles. The fraction of sp³-hybridized carbons (Fsp3) is 0. The van der Waals surface area contributed by atoms with Crippen LogP contribution >= 0.6 is 0 Å². The van der Waals surface area contributed by atoms with Gasteiger partial charge in [-0.3, -0.25) is 4.98 Å². The molecule has 0 bridgehead atoms. The highest BCUT2D eigenvalue weighted by molar-refractivity contribution is 6.11. The molecule has 7 aromatic carbocycles. The highest BCUT2D eigenvalue weighted by Gasteiger charge is 2.25. The highest BCUT2D eigenvalue weighted by atomic mass is 15.0. The summed E-state index contributed by atoms with van der Waals surface area (Å²) in [5.74, 6) is 1.56. The SMILES string of the molecule is N#Cc1cc(-c2nc(-c3ccccc3)nc(-c3ccccc3)n2)cc(-c2ccncc2-n2c3ccccc3c3ccccc32)c1-n1c2ccccc2c2ccccc21. The molecular formula is C51H31N7. The van der Waals surface area contributed by atoms with Gasteiger partial charge in [0.1, 0.15) is 6.07 Å². The molecule has 0 radical (unpaired) electrons. The maximum absolute atomic E-state index is 11.3. The van der Waals surface area contributed by atoms with Gasteiger partial charge in [-0.15, -0.1) is 0 Å². The Balaban J connectivity index is 1.26. The fourth-order valence-corrected chi connectivity index (χ4v) is 8.37. The number of hydrogen-bond donors (Lipinski definition) is 0. The third-order valence-corrected chi connectivity index (χ3v) is 10.9. The van der Waals surface area contributed by atoms with Crippen LogP contribution in [0.3, 0.4) is 0 Å². The Morgan fingerprint density at radius 2 is 0.845 bits per heavy atom. The summed E-state index contributed by atoms with van der Waals surface area (Å²) in [6.07, 6.45) is 3.75. The van der Waals surface area contributed by atoms with Gasteiger partial charge in [-0.1, -0.05) is 133 Å². The molecule has 0 fully saturated rings. The van der Waals surface area contributed by atoms with Gasteiger partial charge in [-0.05, 0) is 42.5 Å².